The molecule has 0 spiro atoms. The molecule has 1 rings (SSSR count). The Morgan fingerprint density at radius 1 is 1.69 bits per heavy atom. The first-order chi connectivity index (χ1) is 6.06. The minimum Gasteiger partial charge on any atom is -0.477 e. The lowest BCUT2D eigenvalue weighted by molar-refractivity contribution is 0.0702. The van der Waals surface area contributed by atoms with Crippen molar-refractivity contribution in [3.8, 4) is 0 Å². The van der Waals surface area contributed by atoms with Crippen molar-refractivity contribution in [1.29, 1.82) is 0 Å². The van der Waals surface area contributed by atoms with Gasteiger partial charge in [0.2, 0.25) is 0 Å². The SMILES string of the molecule is C=Nc1cc(C(=O)O)sc1C(=C)Cl. The molecule has 1 aromatic rings. The minimum absolute atomic E-state index is 0.180. The number of aliphatic imine (C=N–C) groups is 1. The monoisotopic (exact) mass is 215 g/mol. The molecular formula is C8H6ClNO2S. The summed E-state index contributed by atoms with van der Waals surface area (Å²) < 4.78 is 0. The topological polar surface area (TPSA) is 49.7 Å². The van der Waals surface area contributed by atoms with Gasteiger partial charge in [-0.3, -0.25) is 4.99 Å². The lowest BCUT2D eigenvalue weighted by atomic mass is 10.3. The molecule has 0 saturated heterocycles. The standard InChI is InChI=1S/C8H6ClNO2S/c1-4(9)7-5(10-2)3-6(13-7)8(11)12/h3H,1-2H2,(H,11,12). The number of thiophene rings is 1. The fourth-order valence-corrected chi connectivity index (χ4v) is 1.83. The molecule has 0 aliphatic heterocycles. The summed E-state index contributed by atoms with van der Waals surface area (Å²) in [6.45, 7) is 6.81. The third kappa shape index (κ3) is 1.96. The van der Waals surface area contributed by atoms with Crippen LogP contribution in [0.25, 0.3) is 5.03 Å². The van der Waals surface area contributed by atoms with Gasteiger partial charge in [0.15, 0.2) is 0 Å². The molecule has 0 aliphatic rings. The van der Waals surface area contributed by atoms with E-state index in [1.165, 1.54) is 6.07 Å². The van der Waals surface area contributed by atoms with Crippen LogP contribution in [0.3, 0.4) is 0 Å². The van der Waals surface area contributed by atoms with Crippen molar-refractivity contribution in [3.63, 3.8) is 0 Å². The first kappa shape index (κ1) is 9.95. The lowest BCUT2D eigenvalue weighted by Crippen LogP contribution is -1.89. The number of carbonyl (C=O) groups is 1. The van der Waals surface area contributed by atoms with E-state index in [4.69, 9.17) is 16.7 Å². The van der Waals surface area contributed by atoms with Gasteiger partial charge in [0, 0.05) is 0 Å². The highest BCUT2D eigenvalue weighted by molar-refractivity contribution is 7.16. The highest BCUT2D eigenvalue weighted by Crippen LogP contribution is 2.35. The molecule has 0 atom stereocenters. The number of aromatic carboxylic acids is 1. The first-order valence-electron chi connectivity index (χ1n) is 3.25. The largest absolute Gasteiger partial charge is 0.477 e. The van der Waals surface area contributed by atoms with Crippen molar-refractivity contribution in [3.05, 3.63) is 22.4 Å². The predicted octanol–water partition coefficient (Wildman–Crippen LogP) is 2.99. The van der Waals surface area contributed by atoms with Crippen LogP contribution < -0.4 is 0 Å². The summed E-state index contributed by atoms with van der Waals surface area (Å²) in [5.41, 5.74) is 0.461. The number of carboxylic acids is 1. The van der Waals surface area contributed by atoms with Crippen molar-refractivity contribution in [2.75, 3.05) is 0 Å². The molecule has 0 unspecified atom stereocenters. The second kappa shape index (κ2) is 3.72. The number of halogens is 1. The second-order valence-electron chi connectivity index (χ2n) is 2.19. The Morgan fingerprint density at radius 2 is 2.31 bits per heavy atom. The summed E-state index contributed by atoms with van der Waals surface area (Å²) in [6, 6.07) is 1.42. The van der Waals surface area contributed by atoms with Crippen LogP contribution in [0.5, 0.6) is 0 Å². The quantitative estimate of drug-likeness (QED) is 0.788. The molecule has 0 bridgehead atoms. The van der Waals surface area contributed by atoms with E-state index in [0.717, 1.165) is 11.3 Å². The van der Waals surface area contributed by atoms with Crippen molar-refractivity contribution >= 4 is 46.3 Å². The average molecular weight is 216 g/mol. The number of hydrogen-bond acceptors (Lipinski definition) is 3. The zero-order valence-electron chi connectivity index (χ0n) is 6.58. The Balaban J connectivity index is 3.27. The highest BCUT2D eigenvalue weighted by Gasteiger charge is 2.13. The zero-order valence-corrected chi connectivity index (χ0v) is 8.15. The van der Waals surface area contributed by atoms with Gasteiger partial charge >= 0.3 is 5.97 Å². The zero-order chi connectivity index (χ0) is 10.0. The van der Waals surface area contributed by atoms with E-state index >= 15 is 0 Å². The van der Waals surface area contributed by atoms with E-state index in [1.54, 1.807) is 0 Å². The van der Waals surface area contributed by atoms with E-state index in [9.17, 15) is 4.79 Å². The second-order valence-corrected chi connectivity index (χ2v) is 3.70. The number of nitrogens with zero attached hydrogens (tertiary/aromatic N) is 1. The fourth-order valence-electron chi connectivity index (χ4n) is 0.799. The van der Waals surface area contributed by atoms with Crippen LogP contribution in [0.1, 0.15) is 14.5 Å². The summed E-state index contributed by atoms with van der Waals surface area (Å²) in [7, 11) is 0. The number of carboxylic acid groups (broad SMARTS) is 1. The van der Waals surface area contributed by atoms with Gasteiger partial charge < -0.3 is 5.11 Å². The van der Waals surface area contributed by atoms with Crippen LogP contribution in [-0.4, -0.2) is 17.8 Å². The smallest absolute Gasteiger partial charge is 0.345 e. The number of hydrogen-bond donors (Lipinski definition) is 1. The molecule has 0 aliphatic carbocycles. The van der Waals surface area contributed by atoms with Gasteiger partial charge in [-0.05, 0) is 12.8 Å². The van der Waals surface area contributed by atoms with Gasteiger partial charge in [0.1, 0.15) is 4.88 Å². The molecule has 0 aromatic carbocycles. The normalized spacial score (nSPS) is 9.62. The van der Waals surface area contributed by atoms with Crippen LogP contribution in [0, 0.1) is 0 Å². The summed E-state index contributed by atoms with van der Waals surface area (Å²) in [5, 5.41) is 8.95. The van der Waals surface area contributed by atoms with Crippen molar-refractivity contribution in [1.82, 2.24) is 0 Å². The van der Waals surface area contributed by atoms with E-state index in [0.29, 0.717) is 10.6 Å². The molecule has 5 heteroatoms. The average Bonchev–Trinajstić information content (AvgIpc) is 2.47. The third-order valence-corrected chi connectivity index (χ3v) is 2.81. The van der Waals surface area contributed by atoms with Crippen LogP contribution in [-0.2, 0) is 0 Å². The highest BCUT2D eigenvalue weighted by atomic mass is 35.5. The maximum absolute atomic E-state index is 10.6. The fraction of sp³-hybridized carbons (Fsp3) is 0. The Bertz CT molecular complexity index is 383. The predicted molar refractivity (Wildman–Crippen MR) is 55.4 cm³/mol. The maximum atomic E-state index is 10.6. The van der Waals surface area contributed by atoms with E-state index < -0.39 is 5.97 Å². The molecule has 0 saturated carbocycles. The van der Waals surface area contributed by atoms with E-state index in [1.807, 2.05) is 0 Å². The van der Waals surface area contributed by atoms with Gasteiger partial charge in [-0.15, -0.1) is 11.3 Å². The van der Waals surface area contributed by atoms with Crippen LogP contribution in [0.2, 0.25) is 0 Å². The molecule has 0 fully saturated rings. The molecule has 3 nitrogen and oxygen atoms in total. The number of rotatable bonds is 3. The summed E-state index contributed by atoms with van der Waals surface area (Å²) in [6.07, 6.45) is 0. The molecule has 1 heterocycles. The minimum atomic E-state index is -1.00. The van der Waals surface area contributed by atoms with Crippen molar-refractivity contribution in [2.45, 2.75) is 0 Å². The Hall–Kier alpha value is -1.13. The molecule has 1 N–H and O–H groups in total. The lowest BCUT2D eigenvalue weighted by Gasteiger charge is -1.91. The van der Waals surface area contributed by atoms with Gasteiger partial charge in [0.25, 0.3) is 0 Å². The van der Waals surface area contributed by atoms with Crippen LogP contribution in [0.15, 0.2) is 17.6 Å². The molecule has 0 radical (unpaired) electrons. The van der Waals surface area contributed by atoms with E-state index in [2.05, 4.69) is 18.3 Å². The van der Waals surface area contributed by atoms with Crippen molar-refractivity contribution in [2.24, 2.45) is 4.99 Å². The Morgan fingerprint density at radius 3 is 2.62 bits per heavy atom. The van der Waals surface area contributed by atoms with Gasteiger partial charge in [0.05, 0.1) is 15.6 Å². The summed E-state index contributed by atoms with van der Waals surface area (Å²) >= 11 is 6.68. The van der Waals surface area contributed by atoms with Crippen molar-refractivity contribution < 1.29 is 9.90 Å². The maximum Gasteiger partial charge on any atom is 0.345 e. The Kier molecular flexibility index (Phi) is 2.85. The van der Waals surface area contributed by atoms with Gasteiger partial charge in [-0.2, -0.15) is 0 Å². The van der Waals surface area contributed by atoms with E-state index in [-0.39, 0.29) is 9.91 Å². The molecule has 13 heavy (non-hydrogen) atoms. The molecule has 1 aromatic heterocycles. The molecule has 0 amide bonds. The van der Waals surface area contributed by atoms with Crippen LogP contribution in [0.4, 0.5) is 5.69 Å². The third-order valence-electron chi connectivity index (χ3n) is 1.34. The molecule has 68 valence electrons. The molecular weight excluding hydrogens is 210 g/mol. The summed E-state index contributed by atoms with van der Waals surface area (Å²) in [4.78, 5) is 15.0. The first-order valence-corrected chi connectivity index (χ1v) is 4.44. The summed E-state index contributed by atoms with van der Waals surface area (Å²) in [5.74, 6) is -1.00. The Labute approximate surface area is 84.0 Å². The van der Waals surface area contributed by atoms with Crippen LogP contribution >= 0.6 is 22.9 Å². The van der Waals surface area contributed by atoms with Gasteiger partial charge in [-0.1, -0.05) is 18.2 Å². The van der Waals surface area contributed by atoms with Gasteiger partial charge in [-0.25, -0.2) is 4.79 Å².